The number of thiocarbonyl (C=S) groups is 1. The lowest BCUT2D eigenvalue weighted by Crippen LogP contribution is -2.44. The molecule has 0 aromatic heterocycles. The molecule has 2 N–H and O–H groups in total. The first-order valence-corrected chi connectivity index (χ1v) is 7.88. The Bertz CT molecular complexity index is 557. The van der Waals surface area contributed by atoms with Crippen LogP contribution in [0.25, 0.3) is 0 Å². The molecule has 0 bridgehead atoms. The van der Waals surface area contributed by atoms with Crippen molar-refractivity contribution in [3.05, 3.63) is 35.4 Å². The number of carboxylic acids is 1. The van der Waals surface area contributed by atoms with Gasteiger partial charge in [0.25, 0.3) is 0 Å². The van der Waals surface area contributed by atoms with Gasteiger partial charge < -0.3 is 15.2 Å². The first kappa shape index (κ1) is 16.4. The Labute approximate surface area is 135 Å². The van der Waals surface area contributed by atoms with Crippen LogP contribution in [0.5, 0.6) is 0 Å². The van der Waals surface area contributed by atoms with Crippen LogP contribution < -0.4 is 15.8 Å². The van der Waals surface area contributed by atoms with Crippen molar-refractivity contribution in [1.29, 1.82) is 0 Å². The number of carboxylic acid groups (broad SMARTS) is 1. The topological polar surface area (TPSA) is 76.5 Å². The van der Waals surface area contributed by atoms with Gasteiger partial charge in [0.2, 0.25) is 0 Å². The van der Waals surface area contributed by atoms with Crippen molar-refractivity contribution in [2.75, 3.05) is 0 Å². The lowest BCUT2D eigenvalue weighted by Gasteiger charge is -2.30. The summed E-state index contributed by atoms with van der Waals surface area (Å²) in [7, 11) is 0. The zero-order valence-electron chi connectivity index (χ0n) is 12.5. The Morgan fingerprint density at radius 1 is 1.32 bits per heavy atom. The predicted molar refractivity (Wildman–Crippen MR) is 88.7 cm³/mol. The maximum atomic E-state index is 10.6. The molecule has 0 aliphatic heterocycles. The molecule has 0 amide bonds. The Hall–Kier alpha value is -1.95. The minimum atomic E-state index is -1.19. The van der Waals surface area contributed by atoms with E-state index in [0.29, 0.717) is 17.1 Å². The molecule has 118 valence electrons. The van der Waals surface area contributed by atoms with E-state index in [1.165, 1.54) is 31.4 Å². The Morgan fingerprint density at radius 3 is 2.64 bits per heavy atom. The van der Waals surface area contributed by atoms with Crippen molar-refractivity contribution in [1.82, 2.24) is 10.7 Å². The van der Waals surface area contributed by atoms with Gasteiger partial charge in [-0.1, -0.05) is 44.0 Å². The Balaban J connectivity index is 1.81. The van der Waals surface area contributed by atoms with E-state index >= 15 is 0 Å². The molecule has 1 saturated carbocycles. The Morgan fingerprint density at radius 2 is 2.00 bits per heavy atom. The molecule has 0 saturated heterocycles. The maximum absolute atomic E-state index is 10.6. The third-order valence-electron chi connectivity index (χ3n) is 3.95. The fraction of sp³-hybridized carbons (Fsp3) is 0.438. The molecular formula is C16H20N3O2S-. The molecule has 0 spiro atoms. The number of hydrogen-bond donors (Lipinski definition) is 2. The molecule has 1 aliphatic carbocycles. The average molecular weight is 318 g/mol. The van der Waals surface area contributed by atoms with Gasteiger partial charge in [-0.25, -0.2) is 0 Å². The Kier molecular flexibility index (Phi) is 5.89. The van der Waals surface area contributed by atoms with Crippen LogP contribution in [0.4, 0.5) is 0 Å². The van der Waals surface area contributed by atoms with E-state index in [0.717, 1.165) is 12.0 Å². The smallest absolute Gasteiger partial charge is 0.187 e. The highest BCUT2D eigenvalue weighted by molar-refractivity contribution is 7.80. The lowest BCUT2D eigenvalue weighted by atomic mass is 9.86. The van der Waals surface area contributed by atoms with Crippen LogP contribution in [-0.4, -0.2) is 23.3 Å². The number of nitrogens with one attached hydrogen (secondary N) is 2. The first-order chi connectivity index (χ1) is 10.6. The molecule has 2 rings (SSSR count). The molecule has 1 fully saturated rings. The summed E-state index contributed by atoms with van der Waals surface area (Å²) < 4.78 is 0. The summed E-state index contributed by atoms with van der Waals surface area (Å²) in [5.41, 5.74) is 3.73. The number of benzene rings is 1. The van der Waals surface area contributed by atoms with Gasteiger partial charge in [-0.2, -0.15) is 5.10 Å². The van der Waals surface area contributed by atoms with Crippen LogP contribution in [0.2, 0.25) is 0 Å². The lowest BCUT2D eigenvalue weighted by molar-refractivity contribution is -0.255. The van der Waals surface area contributed by atoms with Gasteiger partial charge >= 0.3 is 0 Å². The number of hydrazone groups is 1. The zero-order chi connectivity index (χ0) is 15.9. The molecule has 5 nitrogen and oxygen atoms in total. The van der Waals surface area contributed by atoms with Crippen molar-refractivity contribution >= 4 is 29.5 Å². The van der Waals surface area contributed by atoms with Crippen molar-refractivity contribution in [2.45, 2.75) is 38.6 Å². The van der Waals surface area contributed by atoms with E-state index in [4.69, 9.17) is 12.2 Å². The fourth-order valence-electron chi connectivity index (χ4n) is 2.60. The van der Waals surface area contributed by atoms with Gasteiger partial charge in [-0.3, -0.25) is 5.43 Å². The molecule has 1 aliphatic rings. The molecule has 2 atom stereocenters. The van der Waals surface area contributed by atoms with Gasteiger partial charge in [0.1, 0.15) is 0 Å². The van der Waals surface area contributed by atoms with Crippen molar-refractivity contribution in [3.8, 4) is 0 Å². The highest BCUT2D eigenvalue weighted by Gasteiger charge is 2.21. The van der Waals surface area contributed by atoms with Gasteiger partial charge in [-0.05, 0) is 42.1 Å². The number of carbonyl (C=O) groups is 1. The van der Waals surface area contributed by atoms with Crippen LogP contribution in [0.1, 0.15) is 48.5 Å². The van der Waals surface area contributed by atoms with E-state index in [9.17, 15) is 9.90 Å². The number of hydrogen-bond acceptors (Lipinski definition) is 4. The summed E-state index contributed by atoms with van der Waals surface area (Å²) in [4.78, 5) is 10.6. The standard InChI is InChI=1S/C16H21N3O2S/c1-11-4-2-3-5-14(11)18-16(22)19-17-10-12-6-8-13(9-7-12)15(20)21/h6-11,14H,2-5H2,1H3,(H,20,21)(H2,18,19,22)/p-1/b17-10-/t11-,14+/m1/s1. The fourth-order valence-corrected chi connectivity index (χ4v) is 2.81. The highest BCUT2D eigenvalue weighted by Crippen LogP contribution is 2.23. The third-order valence-corrected chi connectivity index (χ3v) is 4.16. The summed E-state index contributed by atoms with van der Waals surface area (Å²) in [6.45, 7) is 2.24. The van der Waals surface area contributed by atoms with Crippen LogP contribution in [0.15, 0.2) is 29.4 Å². The summed E-state index contributed by atoms with van der Waals surface area (Å²) in [5.74, 6) is -0.566. The van der Waals surface area contributed by atoms with Gasteiger partial charge in [-0.15, -0.1) is 0 Å². The molecule has 22 heavy (non-hydrogen) atoms. The third kappa shape index (κ3) is 4.80. The van der Waals surface area contributed by atoms with Crippen LogP contribution in [-0.2, 0) is 0 Å². The van der Waals surface area contributed by atoms with Crippen LogP contribution >= 0.6 is 12.2 Å². The second-order valence-corrected chi connectivity index (χ2v) is 6.03. The zero-order valence-corrected chi connectivity index (χ0v) is 13.4. The van der Waals surface area contributed by atoms with E-state index in [1.54, 1.807) is 18.3 Å². The molecule has 0 heterocycles. The SMILES string of the molecule is C[C@@H]1CCCC[C@@H]1NC(=S)N/N=C\c1ccc(C(=O)[O-])cc1. The molecule has 1 aromatic carbocycles. The largest absolute Gasteiger partial charge is 0.545 e. The van der Waals surface area contributed by atoms with Crippen molar-refractivity contribution in [2.24, 2.45) is 11.0 Å². The van der Waals surface area contributed by atoms with E-state index in [1.807, 2.05) is 0 Å². The second kappa shape index (κ2) is 7.89. The number of aromatic carboxylic acids is 1. The molecule has 0 unspecified atom stereocenters. The quantitative estimate of drug-likeness (QED) is 0.499. The predicted octanol–water partition coefficient (Wildman–Crippen LogP) is 1.43. The molecule has 1 aromatic rings. The van der Waals surface area contributed by atoms with Gasteiger partial charge in [0, 0.05) is 6.04 Å². The highest BCUT2D eigenvalue weighted by atomic mass is 32.1. The van der Waals surface area contributed by atoms with Crippen LogP contribution in [0, 0.1) is 5.92 Å². The minimum absolute atomic E-state index is 0.147. The van der Waals surface area contributed by atoms with E-state index in [2.05, 4.69) is 22.8 Å². The number of nitrogens with zero attached hydrogens (tertiary/aromatic N) is 1. The number of rotatable bonds is 4. The van der Waals surface area contributed by atoms with E-state index < -0.39 is 5.97 Å². The number of carbonyl (C=O) groups excluding carboxylic acids is 1. The summed E-state index contributed by atoms with van der Waals surface area (Å²) >= 11 is 5.24. The summed E-state index contributed by atoms with van der Waals surface area (Å²) in [5, 5.41) is 18.5. The van der Waals surface area contributed by atoms with Gasteiger partial charge in [0.05, 0.1) is 12.2 Å². The summed E-state index contributed by atoms with van der Waals surface area (Å²) in [6, 6.07) is 6.70. The van der Waals surface area contributed by atoms with Crippen molar-refractivity contribution < 1.29 is 9.90 Å². The molecule has 6 heteroatoms. The van der Waals surface area contributed by atoms with Gasteiger partial charge in [0.15, 0.2) is 5.11 Å². The second-order valence-electron chi connectivity index (χ2n) is 5.62. The normalized spacial score (nSPS) is 21.5. The van der Waals surface area contributed by atoms with Crippen LogP contribution in [0.3, 0.4) is 0 Å². The maximum Gasteiger partial charge on any atom is 0.187 e. The minimum Gasteiger partial charge on any atom is -0.545 e. The van der Waals surface area contributed by atoms with E-state index in [-0.39, 0.29) is 5.56 Å². The van der Waals surface area contributed by atoms with Crippen molar-refractivity contribution in [3.63, 3.8) is 0 Å². The monoisotopic (exact) mass is 318 g/mol. The average Bonchev–Trinajstić information content (AvgIpc) is 2.50. The molecule has 0 radical (unpaired) electrons. The summed E-state index contributed by atoms with van der Waals surface area (Å²) in [6.07, 6.45) is 6.49. The first-order valence-electron chi connectivity index (χ1n) is 7.47. The molecular weight excluding hydrogens is 298 g/mol.